The number of benzene rings is 2. The molecule has 0 aromatic heterocycles. The standard InChI is InChI=1S/C25H35N5O.HI/c1-26-25(27-17-20-9-10-24-21(16-20)8-5-11-29(24)2)28-18-22-6-3-4-7-23(22)19-30-12-14-31-15-13-30;/h3-4,6-7,9-10,16H,5,8,11-15,17-19H2,1-2H3,(H2,26,27,28);1H. The van der Waals surface area contributed by atoms with E-state index < -0.39 is 0 Å². The quantitative estimate of drug-likeness (QED) is 0.329. The second kappa shape index (κ2) is 12.4. The minimum absolute atomic E-state index is 0. The molecule has 2 N–H and O–H groups in total. The van der Waals surface area contributed by atoms with Gasteiger partial charge in [0.2, 0.25) is 0 Å². The molecule has 0 saturated carbocycles. The number of halogens is 1. The van der Waals surface area contributed by atoms with E-state index in [1.165, 1.54) is 40.8 Å². The zero-order chi connectivity index (χ0) is 21.5. The molecule has 0 spiro atoms. The molecule has 2 aliphatic heterocycles. The van der Waals surface area contributed by atoms with Crippen molar-refractivity contribution in [2.45, 2.75) is 32.5 Å². The van der Waals surface area contributed by atoms with Gasteiger partial charge in [-0.15, -0.1) is 24.0 Å². The molecule has 2 aliphatic rings. The molecule has 2 heterocycles. The molecule has 174 valence electrons. The van der Waals surface area contributed by atoms with Gasteiger partial charge in [0.05, 0.1) is 13.2 Å². The number of aliphatic imine (C=N–C) groups is 1. The second-order valence-electron chi connectivity index (χ2n) is 8.42. The molecule has 0 bridgehead atoms. The molecule has 32 heavy (non-hydrogen) atoms. The molecule has 2 aromatic carbocycles. The van der Waals surface area contributed by atoms with E-state index in [0.717, 1.165) is 58.4 Å². The van der Waals surface area contributed by atoms with Crippen molar-refractivity contribution in [1.82, 2.24) is 15.5 Å². The Morgan fingerprint density at radius 1 is 1.00 bits per heavy atom. The van der Waals surface area contributed by atoms with Crippen molar-refractivity contribution in [3.05, 3.63) is 64.7 Å². The molecule has 2 aromatic rings. The van der Waals surface area contributed by atoms with E-state index in [0.29, 0.717) is 0 Å². The summed E-state index contributed by atoms with van der Waals surface area (Å²) in [6.45, 7) is 7.31. The summed E-state index contributed by atoms with van der Waals surface area (Å²) in [5.74, 6) is 0.830. The van der Waals surface area contributed by atoms with Crippen LogP contribution in [0.1, 0.15) is 28.7 Å². The number of anilines is 1. The first-order valence-corrected chi connectivity index (χ1v) is 11.4. The highest BCUT2D eigenvalue weighted by molar-refractivity contribution is 14.0. The molecule has 1 saturated heterocycles. The highest BCUT2D eigenvalue weighted by atomic mass is 127. The summed E-state index contributed by atoms with van der Waals surface area (Å²) in [4.78, 5) is 9.24. The summed E-state index contributed by atoms with van der Waals surface area (Å²) in [5.41, 5.74) is 6.80. The minimum atomic E-state index is 0. The first kappa shape index (κ1) is 24.8. The predicted molar refractivity (Wildman–Crippen MR) is 143 cm³/mol. The van der Waals surface area contributed by atoms with Gasteiger partial charge in [-0.3, -0.25) is 9.89 Å². The van der Waals surface area contributed by atoms with Gasteiger partial charge in [0.1, 0.15) is 0 Å². The molecule has 0 radical (unpaired) electrons. The lowest BCUT2D eigenvalue weighted by molar-refractivity contribution is 0.0341. The number of ether oxygens (including phenoxy) is 1. The number of hydrogen-bond donors (Lipinski definition) is 2. The Kier molecular flexibility index (Phi) is 9.62. The predicted octanol–water partition coefficient (Wildman–Crippen LogP) is 3.38. The van der Waals surface area contributed by atoms with Gasteiger partial charge < -0.3 is 20.3 Å². The minimum Gasteiger partial charge on any atom is -0.379 e. The van der Waals surface area contributed by atoms with Crippen LogP contribution in [-0.4, -0.2) is 57.8 Å². The average molecular weight is 550 g/mol. The van der Waals surface area contributed by atoms with Gasteiger partial charge in [-0.05, 0) is 41.2 Å². The Morgan fingerprint density at radius 2 is 1.75 bits per heavy atom. The Hall–Kier alpha value is -1.84. The van der Waals surface area contributed by atoms with Crippen LogP contribution in [0.2, 0.25) is 0 Å². The molecule has 1 fully saturated rings. The van der Waals surface area contributed by atoms with Gasteiger partial charge in [-0.2, -0.15) is 0 Å². The van der Waals surface area contributed by atoms with Crippen molar-refractivity contribution < 1.29 is 4.74 Å². The van der Waals surface area contributed by atoms with Crippen molar-refractivity contribution in [2.24, 2.45) is 4.99 Å². The number of hydrogen-bond acceptors (Lipinski definition) is 4. The summed E-state index contributed by atoms with van der Waals surface area (Å²) in [5, 5.41) is 6.96. The van der Waals surface area contributed by atoms with Crippen LogP contribution in [0.4, 0.5) is 5.69 Å². The summed E-state index contributed by atoms with van der Waals surface area (Å²) >= 11 is 0. The van der Waals surface area contributed by atoms with Crippen LogP contribution in [0, 0.1) is 0 Å². The number of guanidine groups is 1. The molecule has 7 heteroatoms. The Balaban J connectivity index is 0.00000289. The lowest BCUT2D eigenvalue weighted by atomic mass is 9.99. The van der Waals surface area contributed by atoms with Gasteiger partial charge in [0.25, 0.3) is 0 Å². The normalized spacial score (nSPS) is 16.8. The average Bonchev–Trinajstić information content (AvgIpc) is 2.81. The van der Waals surface area contributed by atoms with E-state index in [1.54, 1.807) is 0 Å². The van der Waals surface area contributed by atoms with Crippen LogP contribution >= 0.6 is 24.0 Å². The van der Waals surface area contributed by atoms with E-state index in [9.17, 15) is 0 Å². The molecule has 0 aliphatic carbocycles. The van der Waals surface area contributed by atoms with E-state index >= 15 is 0 Å². The number of nitrogens with zero attached hydrogens (tertiary/aromatic N) is 3. The third-order valence-electron chi connectivity index (χ3n) is 6.24. The highest BCUT2D eigenvalue weighted by Crippen LogP contribution is 2.26. The van der Waals surface area contributed by atoms with Crippen LogP contribution in [0.5, 0.6) is 0 Å². The van der Waals surface area contributed by atoms with Crippen molar-refractivity contribution in [3.63, 3.8) is 0 Å². The second-order valence-corrected chi connectivity index (χ2v) is 8.42. The fourth-order valence-corrected chi connectivity index (χ4v) is 4.42. The van der Waals surface area contributed by atoms with Crippen molar-refractivity contribution in [1.29, 1.82) is 0 Å². The summed E-state index contributed by atoms with van der Waals surface area (Å²) < 4.78 is 5.48. The summed E-state index contributed by atoms with van der Waals surface area (Å²) in [6.07, 6.45) is 2.40. The first-order chi connectivity index (χ1) is 15.2. The Bertz CT molecular complexity index is 898. The summed E-state index contributed by atoms with van der Waals surface area (Å²) in [6, 6.07) is 15.5. The van der Waals surface area contributed by atoms with Gasteiger partial charge in [0, 0.05) is 59.1 Å². The molecule has 6 nitrogen and oxygen atoms in total. The van der Waals surface area contributed by atoms with Crippen LogP contribution < -0.4 is 15.5 Å². The maximum atomic E-state index is 5.48. The van der Waals surface area contributed by atoms with Crippen LogP contribution in [0.3, 0.4) is 0 Å². The highest BCUT2D eigenvalue weighted by Gasteiger charge is 2.14. The van der Waals surface area contributed by atoms with Gasteiger partial charge in [0.15, 0.2) is 5.96 Å². The fraction of sp³-hybridized carbons (Fsp3) is 0.480. The van der Waals surface area contributed by atoms with E-state index in [-0.39, 0.29) is 24.0 Å². The number of fused-ring (bicyclic) bond motifs is 1. The first-order valence-electron chi connectivity index (χ1n) is 11.4. The molecule has 0 atom stereocenters. The van der Waals surface area contributed by atoms with E-state index in [4.69, 9.17) is 4.74 Å². The topological polar surface area (TPSA) is 52.1 Å². The molecular formula is C25H36IN5O. The van der Waals surface area contributed by atoms with Crippen molar-refractivity contribution in [2.75, 3.05) is 51.8 Å². The number of rotatable bonds is 6. The number of morpholine rings is 1. The number of aryl methyl sites for hydroxylation is 1. The largest absolute Gasteiger partial charge is 0.379 e. The smallest absolute Gasteiger partial charge is 0.191 e. The number of nitrogens with one attached hydrogen (secondary N) is 2. The van der Waals surface area contributed by atoms with Crippen molar-refractivity contribution >= 4 is 35.6 Å². The van der Waals surface area contributed by atoms with E-state index in [2.05, 4.69) is 74.9 Å². The van der Waals surface area contributed by atoms with Crippen LogP contribution in [0.25, 0.3) is 0 Å². The zero-order valence-corrected chi connectivity index (χ0v) is 21.6. The Labute approximate surface area is 209 Å². The fourth-order valence-electron chi connectivity index (χ4n) is 4.42. The van der Waals surface area contributed by atoms with Gasteiger partial charge in [-0.25, -0.2) is 0 Å². The molecule has 0 amide bonds. The van der Waals surface area contributed by atoms with Crippen molar-refractivity contribution in [3.8, 4) is 0 Å². The lowest BCUT2D eigenvalue weighted by Gasteiger charge is -2.28. The third-order valence-corrected chi connectivity index (χ3v) is 6.24. The molecule has 4 rings (SSSR count). The van der Waals surface area contributed by atoms with Gasteiger partial charge >= 0.3 is 0 Å². The Morgan fingerprint density at radius 3 is 2.53 bits per heavy atom. The zero-order valence-electron chi connectivity index (χ0n) is 19.3. The maximum Gasteiger partial charge on any atom is 0.191 e. The third kappa shape index (κ3) is 6.59. The monoisotopic (exact) mass is 549 g/mol. The van der Waals surface area contributed by atoms with E-state index in [1.807, 2.05) is 7.05 Å². The molecular weight excluding hydrogens is 513 g/mol. The van der Waals surface area contributed by atoms with Gasteiger partial charge in [-0.1, -0.05) is 36.4 Å². The van der Waals surface area contributed by atoms with Crippen LogP contribution in [-0.2, 0) is 30.8 Å². The maximum absolute atomic E-state index is 5.48. The summed E-state index contributed by atoms with van der Waals surface area (Å²) in [7, 11) is 4.01. The molecule has 0 unspecified atom stereocenters. The lowest BCUT2D eigenvalue weighted by Crippen LogP contribution is -2.37. The van der Waals surface area contributed by atoms with Crippen LogP contribution in [0.15, 0.2) is 47.5 Å². The SMILES string of the molecule is CN=C(NCc1ccc2c(c1)CCCN2C)NCc1ccccc1CN1CCOCC1.I.